The van der Waals surface area contributed by atoms with Crippen molar-refractivity contribution in [2.45, 2.75) is 39.0 Å². The third kappa shape index (κ3) is 3.35. The largest absolute Gasteiger partial charge is 0.446 e. The van der Waals surface area contributed by atoms with E-state index in [0.717, 1.165) is 44.4 Å². The van der Waals surface area contributed by atoms with Gasteiger partial charge >= 0.3 is 0 Å². The Hall–Kier alpha value is -1.29. The summed E-state index contributed by atoms with van der Waals surface area (Å²) >= 11 is 0. The van der Waals surface area contributed by atoms with Crippen molar-refractivity contribution in [2.75, 3.05) is 11.9 Å². The summed E-state index contributed by atoms with van der Waals surface area (Å²) in [5, 5.41) is 2.85. The number of hydrogen-bond acceptors (Lipinski definition) is 3. The molecule has 0 spiro atoms. The molecule has 1 aliphatic rings. The molecule has 3 N–H and O–H groups in total. The van der Waals surface area contributed by atoms with E-state index in [1.165, 1.54) is 0 Å². The Morgan fingerprint density at radius 2 is 2.11 bits per heavy atom. The van der Waals surface area contributed by atoms with Crippen LogP contribution in [0.2, 0.25) is 0 Å². The summed E-state index contributed by atoms with van der Waals surface area (Å²) in [7, 11) is 0. The van der Waals surface area contributed by atoms with Crippen LogP contribution in [0.3, 0.4) is 0 Å². The molecule has 1 aromatic heterocycles. The first-order valence-corrected chi connectivity index (χ1v) is 6.76. The molecule has 1 aromatic rings. The molecule has 0 aromatic carbocycles. The maximum Gasteiger partial charge on any atom is 0.229 e. The molecule has 0 unspecified atom stereocenters. The van der Waals surface area contributed by atoms with Gasteiger partial charge in [0.1, 0.15) is 5.76 Å². The Balaban J connectivity index is 1.80. The van der Waals surface area contributed by atoms with Crippen LogP contribution in [0, 0.1) is 18.8 Å². The van der Waals surface area contributed by atoms with Crippen molar-refractivity contribution in [3.8, 4) is 0 Å². The average Bonchev–Trinajstić information content (AvgIpc) is 2.76. The maximum atomic E-state index is 12.0. The number of carbonyl (C=O) groups is 1. The Labute approximate surface area is 108 Å². The second-order valence-corrected chi connectivity index (χ2v) is 5.19. The summed E-state index contributed by atoms with van der Waals surface area (Å²) in [6.45, 7) is 2.63. The summed E-state index contributed by atoms with van der Waals surface area (Å²) in [5.41, 5.74) is 5.57. The fraction of sp³-hybridized carbons (Fsp3) is 0.643. The molecular weight excluding hydrogens is 228 g/mol. The summed E-state index contributed by atoms with van der Waals surface area (Å²) in [4.78, 5) is 12.0. The number of nitrogens with two attached hydrogens (primary N) is 1. The zero-order valence-corrected chi connectivity index (χ0v) is 10.9. The van der Waals surface area contributed by atoms with Gasteiger partial charge in [-0.15, -0.1) is 0 Å². The van der Waals surface area contributed by atoms with E-state index in [1.54, 1.807) is 6.07 Å². The molecule has 4 nitrogen and oxygen atoms in total. The second kappa shape index (κ2) is 6.05. The lowest BCUT2D eigenvalue weighted by atomic mass is 9.80. The normalized spacial score (nSPS) is 23.9. The molecule has 0 bridgehead atoms. The number of aryl methyl sites for hydroxylation is 1. The summed E-state index contributed by atoms with van der Waals surface area (Å²) in [5.74, 6) is 2.31. The minimum absolute atomic E-state index is 0.0931. The van der Waals surface area contributed by atoms with E-state index >= 15 is 0 Å². The van der Waals surface area contributed by atoms with Gasteiger partial charge < -0.3 is 10.2 Å². The van der Waals surface area contributed by atoms with E-state index in [2.05, 4.69) is 5.32 Å². The maximum absolute atomic E-state index is 12.0. The second-order valence-electron chi connectivity index (χ2n) is 5.19. The van der Waals surface area contributed by atoms with Crippen LogP contribution in [-0.2, 0) is 4.79 Å². The van der Waals surface area contributed by atoms with Crippen molar-refractivity contribution in [3.63, 3.8) is 0 Å². The fourth-order valence-corrected chi connectivity index (χ4v) is 2.67. The number of hydrogen-bond donors (Lipinski definition) is 2. The lowest BCUT2D eigenvalue weighted by Gasteiger charge is -2.27. The number of amides is 1. The summed E-state index contributed by atoms with van der Waals surface area (Å²) in [6, 6.07) is 3.65. The van der Waals surface area contributed by atoms with Crippen molar-refractivity contribution in [3.05, 3.63) is 17.9 Å². The van der Waals surface area contributed by atoms with Gasteiger partial charge in [-0.1, -0.05) is 0 Å². The molecule has 1 fully saturated rings. The van der Waals surface area contributed by atoms with Gasteiger partial charge in [-0.05, 0) is 57.6 Å². The van der Waals surface area contributed by atoms with E-state index in [-0.39, 0.29) is 11.8 Å². The first-order chi connectivity index (χ1) is 8.69. The van der Waals surface area contributed by atoms with Gasteiger partial charge in [0, 0.05) is 12.0 Å². The van der Waals surface area contributed by atoms with Crippen LogP contribution in [0.25, 0.3) is 0 Å². The molecule has 0 aliphatic heterocycles. The minimum atomic E-state index is 0.0931. The summed E-state index contributed by atoms with van der Waals surface area (Å²) < 4.78 is 5.36. The third-order valence-corrected chi connectivity index (χ3v) is 3.78. The Bertz CT molecular complexity index is 392. The third-order valence-electron chi connectivity index (χ3n) is 3.78. The topological polar surface area (TPSA) is 68.3 Å². The molecule has 0 radical (unpaired) electrons. The number of furan rings is 1. The molecule has 18 heavy (non-hydrogen) atoms. The highest BCUT2D eigenvalue weighted by Gasteiger charge is 2.26. The van der Waals surface area contributed by atoms with Crippen LogP contribution < -0.4 is 11.1 Å². The zero-order valence-electron chi connectivity index (χ0n) is 10.9. The van der Waals surface area contributed by atoms with Gasteiger partial charge in [-0.3, -0.25) is 10.1 Å². The quantitative estimate of drug-likeness (QED) is 0.863. The SMILES string of the molecule is Cc1ccc(NC(=O)C2CCC(CCN)CC2)o1. The zero-order chi connectivity index (χ0) is 13.0. The predicted molar refractivity (Wildman–Crippen MR) is 71.2 cm³/mol. The van der Waals surface area contributed by atoms with Gasteiger partial charge in [-0.25, -0.2) is 0 Å². The summed E-state index contributed by atoms with van der Waals surface area (Å²) in [6.07, 6.45) is 5.26. The Kier molecular flexibility index (Phi) is 4.42. The van der Waals surface area contributed by atoms with Crippen molar-refractivity contribution in [2.24, 2.45) is 17.6 Å². The molecule has 0 saturated heterocycles. The monoisotopic (exact) mass is 250 g/mol. The first-order valence-electron chi connectivity index (χ1n) is 6.76. The number of rotatable bonds is 4. The van der Waals surface area contributed by atoms with Gasteiger partial charge in [0.15, 0.2) is 5.88 Å². The Morgan fingerprint density at radius 3 is 2.67 bits per heavy atom. The van der Waals surface area contributed by atoms with Crippen LogP contribution in [-0.4, -0.2) is 12.5 Å². The molecule has 1 amide bonds. The number of carbonyl (C=O) groups excluding carboxylic acids is 1. The van der Waals surface area contributed by atoms with Crippen LogP contribution in [0.1, 0.15) is 37.9 Å². The lowest BCUT2D eigenvalue weighted by molar-refractivity contribution is -0.121. The van der Waals surface area contributed by atoms with Gasteiger partial charge in [-0.2, -0.15) is 0 Å². The highest BCUT2D eigenvalue weighted by atomic mass is 16.4. The van der Waals surface area contributed by atoms with E-state index in [0.29, 0.717) is 11.8 Å². The molecule has 4 heteroatoms. The van der Waals surface area contributed by atoms with Crippen molar-refractivity contribution < 1.29 is 9.21 Å². The minimum Gasteiger partial charge on any atom is -0.446 e. The van der Waals surface area contributed by atoms with Crippen LogP contribution in [0.4, 0.5) is 5.88 Å². The number of nitrogens with one attached hydrogen (secondary N) is 1. The molecule has 1 saturated carbocycles. The van der Waals surface area contributed by atoms with E-state index in [4.69, 9.17) is 10.2 Å². The van der Waals surface area contributed by atoms with Crippen molar-refractivity contribution in [1.29, 1.82) is 0 Å². The van der Waals surface area contributed by atoms with E-state index in [9.17, 15) is 4.79 Å². The van der Waals surface area contributed by atoms with E-state index < -0.39 is 0 Å². The Morgan fingerprint density at radius 1 is 1.39 bits per heavy atom. The van der Waals surface area contributed by atoms with Crippen LogP contribution in [0.5, 0.6) is 0 Å². The van der Waals surface area contributed by atoms with Crippen LogP contribution in [0.15, 0.2) is 16.5 Å². The average molecular weight is 250 g/mol. The lowest BCUT2D eigenvalue weighted by Crippen LogP contribution is -2.27. The van der Waals surface area contributed by atoms with Crippen molar-refractivity contribution >= 4 is 11.8 Å². The fourth-order valence-electron chi connectivity index (χ4n) is 2.67. The van der Waals surface area contributed by atoms with Gasteiger partial charge in [0.2, 0.25) is 5.91 Å². The molecule has 2 rings (SSSR count). The van der Waals surface area contributed by atoms with Gasteiger partial charge in [0.25, 0.3) is 0 Å². The van der Waals surface area contributed by atoms with Crippen molar-refractivity contribution in [1.82, 2.24) is 0 Å². The highest BCUT2D eigenvalue weighted by Crippen LogP contribution is 2.31. The molecular formula is C14H22N2O2. The molecule has 0 atom stereocenters. The van der Waals surface area contributed by atoms with E-state index in [1.807, 2.05) is 13.0 Å². The van der Waals surface area contributed by atoms with Gasteiger partial charge in [0.05, 0.1) is 0 Å². The molecule has 1 heterocycles. The smallest absolute Gasteiger partial charge is 0.229 e. The molecule has 100 valence electrons. The first kappa shape index (κ1) is 13.1. The highest BCUT2D eigenvalue weighted by molar-refractivity contribution is 5.91. The predicted octanol–water partition coefficient (Wildman–Crippen LogP) is 2.68. The van der Waals surface area contributed by atoms with Crippen LogP contribution >= 0.6 is 0 Å². The standard InChI is InChI=1S/C14H22N2O2/c1-10-2-7-13(18-10)16-14(17)12-5-3-11(4-6-12)8-9-15/h2,7,11-12H,3-6,8-9,15H2,1H3,(H,16,17). The molecule has 1 aliphatic carbocycles. The number of anilines is 1.